The van der Waals surface area contributed by atoms with Gasteiger partial charge in [-0.05, 0) is 44.4 Å². The first-order valence-corrected chi connectivity index (χ1v) is 10.1. The molecule has 6 heteroatoms. The highest BCUT2D eigenvalue weighted by Crippen LogP contribution is 2.52. The van der Waals surface area contributed by atoms with Gasteiger partial charge in [-0.3, -0.25) is 9.59 Å². The number of amides is 2. The minimum atomic E-state index is -0.632. The number of carbonyl (C=O) groups excluding carboxylic acids is 2. The average Bonchev–Trinajstić information content (AvgIpc) is 2.68. The SMILES string of the molecule is CN1CCN(C(=O)[C@@H]2C[C@@H]3CC[C@@H]2C[C@@]32NC(=O)c3ccccc3O2)CC1. The van der Waals surface area contributed by atoms with Crippen LogP contribution in [0.2, 0.25) is 0 Å². The summed E-state index contributed by atoms with van der Waals surface area (Å²) >= 11 is 0. The third kappa shape index (κ3) is 2.73. The highest BCUT2D eigenvalue weighted by Gasteiger charge is 2.57. The molecular weight excluding hydrogens is 342 g/mol. The molecule has 3 saturated carbocycles. The molecular formula is C21H27N3O3. The molecule has 1 N–H and O–H groups in total. The molecule has 6 nitrogen and oxygen atoms in total. The number of benzene rings is 1. The van der Waals surface area contributed by atoms with E-state index in [0.717, 1.165) is 51.9 Å². The summed E-state index contributed by atoms with van der Waals surface area (Å²) in [4.78, 5) is 30.1. The molecule has 5 aliphatic rings. The molecule has 27 heavy (non-hydrogen) atoms. The number of fused-ring (bicyclic) bond motifs is 3. The van der Waals surface area contributed by atoms with E-state index in [1.54, 1.807) is 6.07 Å². The Balaban J connectivity index is 1.35. The molecule has 2 heterocycles. The van der Waals surface area contributed by atoms with Gasteiger partial charge in [0.1, 0.15) is 5.75 Å². The second-order valence-electron chi connectivity index (χ2n) is 8.65. The lowest BCUT2D eigenvalue weighted by Gasteiger charge is -2.55. The van der Waals surface area contributed by atoms with E-state index in [9.17, 15) is 9.59 Å². The maximum absolute atomic E-state index is 13.2. The largest absolute Gasteiger partial charge is 0.467 e. The Hall–Kier alpha value is -2.08. The van der Waals surface area contributed by atoms with Gasteiger partial charge in [0, 0.05) is 44.4 Å². The quantitative estimate of drug-likeness (QED) is 0.819. The van der Waals surface area contributed by atoms with Crippen LogP contribution in [0.5, 0.6) is 5.75 Å². The smallest absolute Gasteiger partial charge is 0.258 e. The normalized spacial score (nSPS) is 35.5. The van der Waals surface area contributed by atoms with Gasteiger partial charge in [0.15, 0.2) is 5.72 Å². The summed E-state index contributed by atoms with van der Waals surface area (Å²) in [7, 11) is 2.11. The lowest BCUT2D eigenvalue weighted by Crippen LogP contribution is -2.67. The highest BCUT2D eigenvalue weighted by molar-refractivity contribution is 5.98. The van der Waals surface area contributed by atoms with Crippen LogP contribution in [0.25, 0.3) is 0 Å². The van der Waals surface area contributed by atoms with Crippen molar-refractivity contribution in [1.82, 2.24) is 15.1 Å². The van der Waals surface area contributed by atoms with Crippen molar-refractivity contribution in [3.63, 3.8) is 0 Å². The summed E-state index contributed by atoms with van der Waals surface area (Å²) in [6.07, 6.45) is 3.62. The van der Waals surface area contributed by atoms with Gasteiger partial charge in [0.25, 0.3) is 5.91 Å². The summed E-state index contributed by atoms with van der Waals surface area (Å²) in [5.74, 6) is 1.50. The van der Waals surface area contributed by atoms with Crippen molar-refractivity contribution in [2.45, 2.75) is 31.4 Å². The van der Waals surface area contributed by atoms with Crippen molar-refractivity contribution in [1.29, 1.82) is 0 Å². The Morgan fingerprint density at radius 2 is 1.96 bits per heavy atom. The van der Waals surface area contributed by atoms with Crippen molar-refractivity contribution in [3.8, 4) is 5.75 Å². The van der Waals surface area contributed by atoms with E-state index >= 15 is 0 Å². The summed E-state index contributed by atoms with van der Waals surface area (Å²) < 4.78 is 6.39. The van der Waals surface area contributed by atoms with E-state index in [1.165, 1.54) is 0 Å². The Labute approximate surface area is 159 Å². The zero-order chi connectivity index (χ0) is 18.6. The number of rotatable bonds is 1. The number of carbonyl (C=O) groups is 2. The third-order valence-electron chi connectivity index (χ3n) is 7.10. The molecule has 4 fully saturated rings. The fourth-order valence-electron chi connectivity index (χ4n) is 5.52. The molecule has 1 aromatic carbocycles. The first-order valence-electron chi connectivity index (χ1n) is 10.1. The van der Waals surface area contributed by atoms with Crippen LogP contribution in [0, 0.1) is 17.8 Å². The van der Waals surface area contributed by atoms with Crippen LogP contribution in [-0.2, 0) is 4.79 Å². The number of hydrogen-bond donors (Lipinski definition) is 1. The van der Waals surface area contributed by atoms with Gasteiger partial charge in [-0.1, -0.05) is 12.1 Å². The predicted molar refractivity (Wildman–Crippen MR) is 100 cm³/mol. The maximum atomic E-state index is 13.2. The predicted octanol–water partition coefficient (Wildman–Crippen LogP) is 1.72. The van der Waals surface area contributed by atoms with E-state index in [-0.39, 0.29) is 23.7 Å². The lowest BCUT2D eigenvalue weighted by atomic mass is 9.59. The topological polar surface area (TPSA) is 61.9 Å². The van der Waals surface area contributed by atoms with E-state index in [4.69, 9.17) is 4.74 Å². The van der Waals surface area contributed by atoms with Crippen LogP contribution in [0.3, 0.4) is 0 Å². The van der Waals surface area contributed by atoms with Crippen LogP contribution in [0.4, 0.5) is 0 Å². The number of hydrogen-bond acceptors (Lipinski definition) is 4. The Bertz CT molecular complexity index is 774. The standard InChI is InChI=1S/C21H27N3O3/c1-23-8-10-24(11-9-23)20(26)17-12-15-7-6-14(17)13-21(15)22-19(25)16-4-2-3-5-18(16)27-21/h2-5,14-15,17H,6-13H2,1H3,(H,22,25)/t14-,15+,17-,21+/m1/s1. The van der Waals surface area contributed by atoms with Gasteiger partial charge >= 0.3 is 0 Å². The van der Waals surface area contributed by atoms with Gasteiger partial charge < -0.3 is 19.9 Å². The number of nitrogens with one attached hydrogen (secondary N) is 1. The summed E-state index contributed by atoms with van der Waals surface area (Å²) in [6.45, 7) is 3.56. The van der Waals surface area contributed by atoms with Gasteiger partial charge in [0.2, 0.25) is 5.91 Å². The summed E-state index contributed by atoms with van der Waals surface area (Å²) in [5, 5.41) is 3.17. The molecule has 0 radical (unpaired) electrons. The van der Waals surface area contributed by atoms with Crippen LogP contribution in [-0.4, -0.2) is 60.6 Å². The van der Waals surface area contributed by atoms with Crippen molar-refractivity contribution in [2.75, 3.05) is 33.2 Å². The lowest BCUT2D eigenvalue weighted by molar-refractivity contribution is -0.156. The second-order valence-corrected chi connectivity index (χ2v) is 8.65. The van der Waals surface area contributed by atoms with Crippen LogP contribution in [0.1, 0.15) is 36.0 Å². The summed E-state index contributed by atoms with van der Waals surface area (Å²) in [5.41, 5.74) is -0.0256. The molecule has 3 aliphatic carbocycles. The van der Waals surface area contributed by atoms with Crippen molar-refractivity contribution >= 4 is 11.8 Å². The number of nitrogens with zero attached hydrogens (tertiary/aromatic N) is 2. The monoisotopic (exact) mass is 369 g/mol. The van der Waals surface area contributed by atoms with E-state index in [0.29, 0.717) is 17.2 Å². The Morgan fingerprint density at radius 3 is 2.70 bits per heavy atom. The number of para-hydroxylation sites is 1. The number of likely N-dealkylation sites (N-methyl/N-ethyl adjacent to an activating group) is 1. The van der Waals surface area contributed by atoms with E-state index in [1.807, 2.05) is 23.1 Å². The fraction of sp³-hybridized carbons (Fsp3) is 0.619. The summed E-state index contributed by atoms with van der Waals surface area (Å²) in [6, 6.07) is 7.45. The van der Waals surface area contributed by atoms with Gasteiger partial charge in [-0.15, -0.1) is 0 Å². The minimum Gasteiger partial charge on any atom is -0.467 e. The molecule has 0 unspecified atom stereocenters. The van der Waals surface area contributed by atoms with E-state index in [2.05, 4.69) is 17.3 Å². The van der Waals surface area contributed by atoms with Crippen molar-refractivity contribution in [3.05, 3.63) is 29.8 Å². The molecule has 1 saturated heterocycles. The molecule has 2 bridgehead atoms. The molecule has 144 valence electrons. The van der Waals surface area contributed by atoms with Crippen LogP contribution in [0.15, 0.2) is 24.3 Å². The third-order valence-corrected chi connectivity index (χ3v) is 7.10. The molecule has 2 amide bonds. The van der Waals surface area contributed by atoms with Crippen LogP contribution >= 0.6 is 0 Å². The van der Waals surface area contributed by atoms with E-state index < -0.39 is 5.72 Å². The average molecular weight is 369 g/mol. The fourth-order valence-corrected chi connectivity index (χ4v) is 5.52. The maximum Gasteiger partial charge on any atom is 0.258 e. The zero-order valence-electron chi connectivity index (χ0n) is 15.8. The molecule has 1 spiro atoms. The van der Waals surface area contributed by atoms with Gasteiger partial charge in [-0.25, -0.2) is 0 Å². The van der Waals surface area contributed by atoms with Crippen molar-refractivity contribution < 1.29 is 14.3 Å². The molecule has 6 rings (SSSR count). The first-order chi connectivity index (χ1) is 13.1. The van der Waals surface area contributed by atoms with Crippen LogP contribution < -0.4 is 10.1 Å². The second kappa shape index (κ2) is 6.23. The van der Waals surface area contributed by atoms with Crippen molar-refractivity contribution in [2.24, 2.45) is 17.8 Å². The van der Waals surface area contributed by atoms with Gasteiger partial charge in [-0.2, -0.15) is 0 Å². The first kappa shape index (κ1) is 17.0. The molecule has 1 aromatic rings. The minimum absolute atomic E-state index is 0.0497. The van der Waals surface area contributed by atoms with Gasteiger partial charge in [0.05, 0.1) is 5.56 Å². The number of piperazine rings is 1. The molecule has 4 atom stereocenters. The Kier molecular flexibility index (Phi) is 3.93. The molecule has 2 aliphatic heterocycles. The zero-order valence-corrected chi connectivity index (χ0v) is 15.8. The highest BCUT2D eigenvalue weighted by atomic mass is 16.5. The number of ether oxygens (including phenoxy) is 1. The molecule has 0 aromatic heterocycles. The Morgan fingerprint density at radius 1 is 1.19 bits per heavy atom.